The smallest absolute Gasteiger partial charge is 0.275 e. The molecule has 0 unspecified atom stereocenters. The van der Waals surface area contributed by atoms with Crippen molar-refractivity contribution >= 4 is 11.2 Å². The van der Waals surface area contributed by atoms with E-state index in [1.165, 1.54) is 6.20 Å². The minimum absolute atomic E-state index is 0.268. The highest BCUT2D eigenvalue weighted by Gasteiger charge is 2.04. The lowest BCUT2D eigenvalue weighted by Gasteiger charge is -1.79. The lowest BCUT2D eigenvalue weighted by molar-refractivity contribution is 0.448. The Morgan fingerprint density at radius 3 is 3.36 bits per heavy atom. The SMILES string of the molecule is N#CCc1nc2oncc2[nH]1. The van der Waals surface area contributed by atoms with Crippen molar-refractivity contribution in [1.82, 2.24) is 15.1 Å². The predicted octanol–water partition coefficient (Wildman–Crippen LogP) is 0.617. The Morgan fingerprint density at radius 1 is 1.73 bits per heavy atom. The Kier molecular flexibility index (Phi) is 1.13. The minimum atomic E-state index is 0.268. The number of nitriles is 1. The van der Waals surface area contributed by atoms with Crippen LogP contribution in [0.2, 0.25) is 0 Å². The van der Waals surface area contributed by atoms with Crippen molar-refractivity contribution < 1.29 is 4.52 Å². The number of H-pyrrole nitrogens is 1. The highest BCUT2D eigenvalue weighted by atomic mass is 16.5. The first-order chi connectivity index (χ1) is 5.40. The van der Waals surface area contributed by atoms with Crippen LogP contribution in [-0.4, -0.2) is 15.1 Å². The summed E-state index contributed by atoms with van der Waals surface area (Å²) in [7, 11) is 0. The first kappa shape index (κ1) is 5.92. The molecule has 0 aliphatic rings. The molecule has 2 heterocycles. The maximum absolute atomic E-state index is 8.33. The van der Waals surface area contributed by atoms with E-state index in [0.29, 0.717) is 11.5 Å². The first-order valence-electron chi connectivity index (χ1n) is 3.06. The average molecular weight is 148 g/mol. The molecule has 0 spiro atoms. The average Bonchev–Trinajstić information content (AvgIpc) is 2.46. The number of hydrogen-bond acceptors (Lipinski definition) is 4. The summed E-state index contributed by atoms with van der Waals surface area (Å²) in [4.78, 5) is 6.84. The minimum Gasteiger partial charge on any atom is -0.337 e. The van der Waals surface area contributed by atoms with Crippen LogP contribution < -0.4 is 0 Å². The molecule has 0 radical (unpaired) electrons. The number of imidazole rings is 1. The molecule has 2 rings (SSSR count). The summed E-state index contributed by atoms with van der Waals surface area (Å²) in [5.74, 6) is 0.614. The van der Waals surface area contributed by atoms with Crippen LogP contribution in [-0.2, 0) is 6.42 Å². The summed E-state index contributed by atoms with van der Waals surface area (Å²) in [5.41, 5.74) is 1.19. The fraction of sp³-hybridized carbons (Fsp3) is 0.167. The van der Waals surface area contributed by atoms with Gasteiger partial charge in [0.25, 0.3) is 5.71 Å². The number of aromatic amines is 1. The zero-order valence-electron chi connectivity index (χ0n) is 5.53. The molecule has 0 saturated heterocycles. The van der Waals surface area contributed by atoms with Gasteiger partial charge in [0.05, 0.1) is 18.7 Å². The largest absolute Gasteiger partial charge is 0.337 e. The summed E-state index contributed by atoms with van der Waals surface area (Å²) in [6.07, 6.45) is 1.80. The van der Waals surface area contributed by atoms with Gasteiger partial charge in [-0.25, -0.2) is 0 Å². The number of hydrogen-bond donors (Lipinski definition) is 1. The molecule has 0 bridgehead atoms. The van der Waals surface area contributed by atoms with Crippen molar-refractivity contribution in [2.45, 2.75) is 6.42 Å². The van der Waals surface area contributed by atoms with E-state index in [0.717, 1.165) is 5.52 Å². The van der Waals surface area contributed by atoms with Gasteiger partial charge in [-0.1, -0.05) is 5.16 Å². The molecule has 0 aliphatic carbocycles. The zero-order valence-corrected chi connectivity index (χ0v) is 5.53. The maximum atomic E-state index is 8.33. The molecule has 5 heteroatoms. The normalized spacial score (nSPS) is 10.1. The second-order valence-corrected chi connectivity index (χ2v) is 2.06. The van der Waals surface area contributed by atoms with Crippen LogP contribution in [0.25, 0.3) is 11.2 Å². The summed E-state index contributed by atoms with van der Waals surface area (Å²) >= 11 is 0. The molecule has 54 valence electrons. The lowest BCUT2D eigenvalue weighted by atomic mass is 10.5. The van der Waals surface area contributed by atoms with Crippen LogP contribution in [0.15, 0.2) is 10.7 Å². The quantitative estimate of drug-likeness (QED) is 0.642. The molecule has 0 amide bonds. The predicted molar refractivity (Wildman–Crippen MR) is 35.5 cm³/mol. The van der Waals surface area contributed by atoms with Crippen LogP contribution in [0.1, 0.15) is 5.82 Å². The van der Waals surface area contributed by atoms with E-state index < -0.39 is 0 Å². The van der Waals surface area contributed by atoms with Crippen molar-refractivity contribution in [1.29, 1.82) is 5.26 Å². The Bertz CT molecular complexity index is 379. The van der Waals surface area contributed by atoms with Crippen LogP contribution in [0.5, 0.6) is 0 Å². The molecule has 5 nitrogen and oxygen atoms in total. The number of nitrogens with zero attached hydrogens (tertiary/aromatic N) is 3. The van der Waals surface area contributed by atoms with Crippen molar-refractivity contribution in [2.75, 3.05) is 0 Å². The van der Waals surface area contributed by atoms with Crippen molar-refractivity contribution in [3.8, 4) is 6.07 Å². The Labute approximate surface area is 61.6 Å². The third-order valence-electron chi connectivity index (χ3n) is 1.31. The Balaban J connectivity index is 2.52. The molecule has 0 aromatic carbocycles. The van der Waals surface area contributed by atoms with Gasteiger partial charge < -0.3 is 9.51 Å². The van der Waals surface area contributed by atoms with E-state index >= 15 is 0 Å². The Hall–Kier alpha value is -1.83. The molecule has 1 N–H and O–H groups in total. The van der Waals surface area contributed by atoms with E-state index in [4.69, 9.17) is 9.78 Å². The molecule has 0 saturated carbocycles. The zero-order chi connectivity index (χ0) is 7.68. The third-order valence-corrected chi connectivity index (χ3v) is 1.31. The highest BCUT2D eigenvalue weighted by molar-refractivity contribution is 5.66. The topological polar surface area (TPSA) is 78.5 Å². The Morgan fingerprint density at radius 2 is 2.64 bits per heavy atom. The number of nitrogens with one attached hydrogen (secondary N) is 1. The standard InChI is InChI=1S/C6H4N4O/c7-2-1-5-9-4-3-8-11-6(4)10-5/h3H,1H2,(H,9,10). The molecule has 0 aliphatic heterocycles. The highest BCUT2D eigenvalue weighted by Crippen LogP contribution is 2.08. The molecular weight excluding hydrogens is 144 g/mol. The van der Waals surface area contributed by atoms with E-state index in [1.807, 2.05) is 6.07 Å². The van der Waals surface area contributed by atoms with Crippen molar-refractivity contribution in [3.63, 3.8) is 0 Å². The molecular formula is C6H4N4O. The summed E-state index contributed by atoms with van der Waals surface area (Å²) in [6.45, 7) is 0. The van der Waals surface area contributed by atoms with Gasteiger partial charge in [0, 0.05) is 0 Å². The molecule has 11 heavy (non-hydrogen) atoms. The van der Waals surface area contributed by atoms with Crippen LogP contribution in [0.4, 0.5) is 0 Å². The first-order valence-corrected chi connectivity index (χ1v) is 3.06. The van der Waals surface area contributed by atoms with E-state index in [1.54, 1.807) is 0 Å². The monoisotopic (exact) mass is 148 g/mol. The van der Waals surface area contributed by atoms with Gasteiger partial charge in [-0.2, -0.15) is 10.2 Å². The van der Waals surface area contributed by atoms with Gasteiger partial charge in [0.1, 0.15) is 11.3 Å². The summed E-state index contributed by atoms with van der Waals surface area (Å²) in [5, 5.41) is 11.8. The summed E-state index contributed by atoms with van der Waals surface area (Å²) in [6, 6.07) is 1.98. The summed E-state index contributed by atoms with van der Waals surface area (Å²) < 4.78 is 4.74. The van der Waals surface area contributed by atoms with Gasteiger partial charge in [0.15, 0.2) is 0 Å². The fourth-order valence-corrected chi connectivity index (χ4v) is 0.864. The lowest BCUT2D eigenvalue weighted by Crippen LogP contribution is -1.82. The van der Waals surface area contributed by atoms with Crippen LogP contribution in [0, 0.1) is 11.3 Å². The van der Waals surface area contributed by atoms with Gasteiger partial charge in [-0.3, -0.25) is 0 Å². The van der Waals surface area contributed by atoms with E-state index in [2.05, 4.69) is 15.1 Å². The van der Waals surface area contributed by atoms with Gasteiger partial charge >= 0.3 is 0 Å². The third kappa shape index (κ3) is 0.846. The van der Waals surface area contributed by atoms with Gasteiger partial charge in [-0.15, -0.1) is 0 Å². The van der Waals surface area contributed by atoms with Crippen molar-refractivity contribution in [2.24, 2.45) is 0 Å². The maximum Gasteiger partial charge on any atom is 0.275 e. The fourth-order valence-electron chi connectivity index (χ4n) is 0.864. The van der Waals surface area contributed by atoms with Crippen LogP contribution >= 0.6 is 0 Å². The molecule has 0 atom stereocenters. The van der Waals surface area contributed by atoms with Gasteiger partial charge in [0.2, 0.25) is 0 Å². The molecule has 0 fully saturated rings. The molecule has 2 aromatic heterocycles. The van der Waals surface area contributed by atoms with Gasteiger partial charge in [-0.05, 0) is 0 Å². The number of fused-ring (bicyclic) bond motifs is 1. The van der Waals surface area contributed by atoms with Crippen LogP contribution in [0.3, 0.4) is 0 Å². The number of rotatable bonds is 1. The second kappa shape index (κ2) is 2.09. The molecule has 2 aromatic rings. The number of aromatic nitrogens is 3. The van der Waals surface area contributed by atoms with E-state index in [-0.39, 0.29) is 6.42 Å². The van der Waals surface area contributed by atoms with E-state index in [9.17, 15) is 0 Å². The van der Waals surface area contributed by atoms with Crippen molar-refractivity contribution in [3.05, 3.63) is 12.0 Å². The second-order valence-electron chi connectivity index (χ2n) is 2.06.